The number of hydrogen-bond acceptors (Lipinski definition) is 6. The molecule has 0 saturated heterocycles. The zero-order valence-corrected chi connectivity index (χ0v) is 20.0. The third-order valence-electron chi connectivity index (χ3n) is 5.05. The Labute approximate surface area is 200 Å². The first-order valence-corrected chi connectivity index (χ1v) is 12.4. The molecule has 0 unspecified atom stereocenters. The predicted octanol–water partition coefficient (Wildman–Crippen LogP) is 5.17. The third-order valence-corrected chi connectivity index (χ3v) is 6.47. The molecule has 2 amide bonds. The van der Waals surface area contributed by atoms with Crippen molar-refractivity contribution in [2.75, 3.05) is 11.6 Å². The van der Waals surface area contributed by atoms with Gasteiger partial charge in [0.2, 0.25) is 5.91 Å². The van der Waals surface area contributed by atoms with Crippen molar-refractivity contribution in [2.24, 2.45) is 0 Å². The number of benzene rings is 2. The number of carbonyl (C=O) groups is 2. The Morgan fingerprint density at radius 2 is 1.82 bits per heavy atom. The van der Waals surface area contributed by atoms with Gasteiger partial charge in [0.05, 0.1) is 11.7 Å². The highest BCUT2D eigenvalue weighted by molar-refractivity contribution is 7.98. The summed E-state index contributed by atoms with van der Waals surface area (Å²) in [5, 5.41) is 9.08. The second kappa shape index (κ2) is 10.0. The van der Waals surface area contributed by atoms with Gasteiger partial charge >= 0.3 is 0 Å². The molecular formula is C24H23N5O2S2. The number of thioether (sulfide) groups is 1. The summed E-state index contributed by atoms with van der Waals surface area (Å²) in [6.07, 6.45) is 5.62. The quantitative estimate of drug-likeness (QED) is 0.359. The summed E-state index contributed by atoms with van der Waals surface area (Å²) in [5.74, 6) is -0.273. The van der Waals surface area contributed by atoms with Gasteiger partial charge < -0.3 is 5.32 Å². The predicted molar refractivity (Wildman–Crippen MR) is 133 cm³/mol. The van der Waals surface area contributed by atoms with Crippen LogP contribution in [0.15, 0.2) is 71.5 Å². The Bertz CT molecular complexity index is 1260. The first-order chi connectivity index (χ1) is 15.9. The normalized spacial score (nSPS) is 11.7. The van der Waals surface area contributed by atoms with Crippen molar-refractivity contribution in [3.63, 3.8) is 0 Å². The van der Waals surface area contributed by atoms with E-state index in [1.54, 1.807) is 30.1 Å². The minimum atomic E-state index is -0.211. The van der Waals surface area contributed by atoms with Crippen molar-refractivity contribution in [1.82, 2.24) is 19.9 Å². The van der Waals surface area contributed by atoms with Crippen LogP contribution in [0.4, 0.5) is 5.13 Å². The summed E-state index contributed by atoms with van der Waals surface area (Å²) < 4.78 is 1.97. The Hall–Kier alpha value is -3.43. The number of nitrogens with one attached hydrogen (secondary N) is 2. The zero-order valence-electron chi connectivity index (χ0n) is 18.4. The molecule has 0 bridgehead atoms. The summed E-state index contributed by atoms with van der Waals surface area (Å²) in [4.78, 5) is 32.8. The van der Waals surface area contributed by atoms with E-state index in [4.69, 9.17) is 0 Å². The molecule has 0 aliphatic carbocycles. The van der Waals surface area contributed by atoms with E-state index >= 15 is 0 Å². The first kappa shape index (κ1) is 22.8. The van der Waals surface area contributed by atoms with Gasteiger partial charge in [-0.15, -0.1) is 11.3 Å². The summed E-state index contributed by atoms with van der Waals surface area (Å²) >= 11 is 2.94. The molecule has 0 aliphatic heterocycles. The Kier molecular flexibility index (Phi) is 6.90. The number of anilines is 1. The van der Waals surface area contributed by atoms with Crippen LogP contribution in [0.2, 0.25) is 0 Å². The van der Waals surface area contributed by atoms with Crippen molar-refractivity contribution >= 4 is 40.0 Å². The van der Waals surface area contributed by atoms with Gasteiger partial charge in [-0.05, 0) is 43.0 Å². The average Bonchev–Trinajstić information content (AvgIpc) is 3.48. The zero-order chi connectivity index (χ0) is 23.4. The van der Waals surface area contributed by atoms with Gasteiger partial charge in [-0.2, -0.15) is 0 Å². The van der Waals surface area contributed by atoms with Crippen molar-refractivity contribution < 1.29 is 9.59 Å². The molecule has 2 N–H and O–H groups in total. The van der Waals surface area contributed by atoms with E-state index in [0.29, 0.717) is 10.7 Å². The van der Waals surface area contributed by atoms with Gasteiger partial charge in [0, 0.05) is 41.5 Å². The fourth-order valence-corrected chi connectivity index (χ4v) is 4.62. The van der Waals surface area contributed by atoms with Crippen LogP contribution in [0, 0.1) is 0 Å². The van der Waals surface area contributed by atoms with Crippen molar-refractivity contribution in [1.29, 1.82) is 0 Å². The van der Waals surface area contributed by atoms with E-state index in [1.165, 1.54) is 18.3 Å². The summed E-state index contributed by atoms with van der Waals surface area (Å²) in [7, 11) is 0. The maximum atomic E-state index is 12.7. The van der Waals surface area contributed by atoms with Crippen LogP contribution in [0.1, 0.15) is 35.8 Å². The number of carbonyl (C=O) groups excluding carboxylic acids is 2. The fraction of sp³-hybridized carbons (Fsp3) is 0.167. The largest absolute Gasteiger partial charge is 0.350 e. The van der Waals surface area contributed by atoms with Crippen LogP contribution < -0.4 is 10.6 Å². The van der Waals surface area contributed by atoms with Gasteiger partial charge in [-0.25, -0.2) is 9.97 Å². The lowest BCUT2D eigenvalue weighted by Crippen LogP contribution is -2.23. The number of nitrogens with zero attached hydrogens (tertiary/aromatic N) is 3. The van der Waals surface area contributed by atoms with Crippen molar-refractivity contribution in [3.8, 4) is 16.9 Å². The minimum absolute atomic E-state index is 0.0608. The van der Waals surface area contributed by atoms with Gasteiger partial charge in [-0.1, -0.05) is 36.0 Å². The topological polar surface area (TPSA) is 88.9 Å². The highest BCUT2D eigenvalue weighted by Crippen LogP contribution is 2.27. The Morgan fingerprint density at radius 1 is 1.09 bits per heavy atom. The first-order valence-electron chi connectivity index (χ1n) is 10.3. The molecule has 0 aliphatic rings. The molecule has 0 spiro atoms. The van der Waals surface area contributed by atoms with Gasteiger partial charge in [0.25, 0.3) is 5.91 Å². The van der Waals surface area contributed by atoms with Gasteiger partial charge in [-0.3, -0.25) is 19.5 Å². The molecule has 2 aromatic heterocycles. The number of aromatic nitrogens is 3. The molecule has 2 heterocycles. The van der Waals surface area contributed by atoms with Crippen LogP contribution in [0.25, 0.3) is 16.9 Å². The van der Waals surface area contributed by atoms with E-state index < -0.39 is 0 Å². The Balaban J connectivity index is 1.42. The monoisotopic (exact) mass is 477 g/mol. The molecule has 9 heteroatoms. The third kappa shape index (κ3) is 5.32. The molecule has 0 fully saturated rings. The van der Waals surface area contributed by atoms with Crippen molar-refractivity contribution in [2.45, 2.75) is 25.0 Å². The smallest absolute Gasteiger partial charge is 0.257 e. The molecule has 4 rings (SSSR count). The highest BCUT2D eigenvalue weighted by Gasteiger charge is 2.12. The summed E-state index contributed by atoms with van der Waals surface area (Å²) in [6.45, 7) is 3.45. The lowest BCUT2D eigenvalue weighted by atomic mass is 10.1. The summed E-state index contributed by atoms with van der Waals surface area (Å²) in [5.41, 5.74) is 4.24. The van der Waals surface area contributed by atoms with Gasteiger partial charge in [0.15, 0.2) is 10.3 Å². The lowest BCUT2D eigenvalue weighted by Gasteiger charge is -2.13. The standard InChI is InChI=1S/C24H23N5O2S2/c1-15(26-16(2)30)17-4-6-18(7-5-17)21-14-33-23(27-21)28-22(31)19-8-10-20(11-9-19)29-13-12-25-24(29)32-3/h4-15H,1-3H3,(H,26,30)(H,27,28,31)/t15-/m1/s1. The minimum Gasteiger partial charge on any atom is -0.350 e. The van der Waals surface area contributed by atoms with Crippen LogP contribution in [0.5, 0.6) is 0 Å². The van der Waals surface area contributed by atoms with E-state index in [1.807, 2.05) is 65.7 Å². The van der Waals surface area contributed by atoms with Crippen molar-refractivity contribution in [3.05, 3.63) is 77.4 Å². The Morgan fingerprint density at radius 3 is 2.48 bits per heavy atom. The maximum absolute atomic E-state index is 12.7. The van der Waals surface area contributed by atoms with Crippen LogP contribution in [-0.2, 0) is 4.79 Å². The molecule has 7 nitrogen and oxygen atoms in total. The number of rotatable bonds is 7. The molecule has 2 aromatic carbocycles. The number of hydrogen-bond donors (Lipinski definition) is 2. The van der Waals surface area contributed by atoms with Gasteiger partial charge in [0.1, 0.15) is 0 Å². The molecule has 168 valence electrons. The van der Waals surface area contributed by atoms with Crippen LogP contribution in [-0.4, -0.2) is 32.6 Å². The molecule has 0 saturated carbocycles. The maximum Gasteiger partial charge on any atom is 0.257 e. The molecule has 0 radical (unpaired) electrons. The lowest BCUT2D eigenvalue weighted by molar-refractivity contribution is -0.119. The van der Waals surface area contributed by atoms with E-state index in [9.17, 15) is 9.59 Å². The van der Waals surface area contributed by atoms with E-state index in [2.05, 4.69) is 20.6 Å². The van der Waals surface area contributed by atoms with Crippen LogP contribution >= 0.6 is 23.1 Å². The number of imidazole rings is 1. The fourth-order valence-electron chi connectivity index (χ4n) is 3.37. The number of thiazole rings is 1. The SMILES string of the molecule is CSc1nccn1-c1ccc(C(=O)Nc2nc(-c3ccc([C@@H](C)NC(C)=O)cc3)cs2)cc1. The molecule has 4 aromatic rings. The second-order valence-corrected chi connectivity index (χ2v) is 9.00. The van der Waals surface area contributed by atoms with E-state index in [-0.39, 0.29) is 17.9 Å². The highest BCUT2D eigenvalue weighted by atomic mass is 32.2. The summed E-state index contributed by atoms with van der Waals surface area (Å²) in [6, 6.07) is 15.2. The molecule has 33 heavy (non-hydrogen) atoms. The number of amides is 2. The van der Waals surface area contributed by atoms with E-state index in [0.717, 1.165) is 27.7 Å². The molecular weight excluding hydrogens is 454 g/mol. The second-order valence-electron chi connectivity index (χ2n) is 7.37. The average molecular weight is 478 g/mol. The van der Waals surface area contributed by atoms with Crippen LogP contribution in [0.3, 0.4) is 0 Å². The molecule has 1 atom stereocenters.